The first-order valence-corrected chi connectivity index (χ1v) is 16.8. The van der Waals surface area contributed by atoms with Crippen molar-refractivity contribution in [3.8, 4) is 23.0 Å². The van der Waals surface area contributed by atoms with E-state index in [1.165, 1.54) is 31.5 Å². The summed E-state index contributed by atoms with van der Waals surface area (Å²) < 4.78 is 63.3. The number of hydrogen-bond acceptors (Lipinski definition) is 10. The van der Waals surface area contributed by atoms with Gasteiger partial charge in [0.25, 0.3) is 5.91 Å². The van der Waals surface area contributed by atoms with Crippen LogP contribution in [-0.2, 0) is 9.53 Å². The number of pyridine rings is 1. The van der Waals surface area contributed by atoms with Gasteiger partial charge in [-0.05, 0) is 55.8 Å². The molecule has 8 rings (SSSR count). The highest BCUT2D eigenvalue weighted by molar-refractivity contribution is 6.37. The number of methoxy groups -OCH3 is 1. The smallest absolute Gasteiger partial charge is 0.322 e. The molecular formula is C34H33ClF3N7O5. The average Bonchev–Trinajstić information content (AvgIpc) is 3.72. The predicted molar refractivity (Wildman–Crippen MR) is 177 cm³/mol. The van der Waals surface area contributed by atoms with E-state index < -0.39 is 40.8 Å². The van der Waals surface area contributed by atoms with E-state index in [0.717, 1.165) is 19.4 Å². The van der Waals surface area contributed by atoms with Crippen LogP contribution in [0.2, 0.25) is 5.02 Å². The molecule has 4 aliphatic rings. The van der Waals surface area contributed by atoms with Crippen molar-refractivity contribution in [2.24, 2.45) is 0 Å². The van der Waals surface area contributed by atoms with Crippen LogP contribution in [0, 0.1) is 11.6 Å². The van der Waals surface area contributed by atoms with Gasteiger partial charge in [0, 0.05) is 43.8 Å². The van der Waals surface area contributed by atoms with E-state index in [-0.39, 0.29) is 64.3 Å². The second-order valence-electron chi connectivity index (χ2n) is 13.4. The van der Waals surface area contributed by atoms with Crippen LogP contribution in [0.4, 0.5) is 23.8 Å². The van der Waals surface area contributed by atoms with E-state index in [2.05, 4.69) is 25.5 Å². The molecular weight excluding hydrogens is 679 g/mol. The van der Waals surface area contributed by atoms with Gasteiger partial charge in [0.2, 0.25) is 0 Å². The lowest BCUT2D eigenvalue weighted by atomic mass is 9.89. The minimum atomic E-state index is -1.20. The molecule has 6 heterocycles. The monoisotopic (exact) mass is 711 g/mol. The molecule has 12 nitrogen and oxygen atoms in total. The van der Waals surface area contributed by atoms with Gasteiger partial charge in [0.15, 0.2) is 12.6 Å². The maximum atomic E-state index is 17.0. The molecule has 1 spiro atoms. The summed E-state index contributed by atoms with van der Waals surface area (Å²) in [6, 6.07) is 5.12. The zero-order chi connectivity index (χ0) is 34.8. The lowest BCUT2D eigenvalue weighted by Gasteiger charge is -2.39. The zero-order valence-electron chi connectivity index (χ0n) is 27.0. The number of benzene rings is 2. The van der Waals surface area contributed by atoms with E-state index in [4.69, 9.17) is 30.8 Å². The van der Waals surface area contributed by atoms with Crippen LogP contribution >= 0.6 is 11.6 Å². The van der Waals surface area contributed by atoms with E-state index in [1.807, 2.05) is 0 Å². The van der Waals surface area contributed by atoms with E-state index in [0.29, 0.717) is 43.5 Å². The normalized spacial score (nSPS) is 25.1. The fourth-order valence-electron chi connectivity index (χ4n) is 7.98. The van der Waals surface area contributed by atoms with Crippen LogP contribution in [0.1, 0.15) is 32.1 Å². The van der Waals surface area contributed by atoms with Gasteiger partial charge < -0.3 is 24.4 Å². The van der Waals surface area contributed by atoms with Crippen molar-refractivity contribution in [1.29, 1.82) is 0 Å². The summed E-state index contributed by atoms with van der Waals surface area (Å²) in [6.07, 6.45) is 3.30. The maximum Gasteiger partial charge on any atom is 0.322 e. The summed E-state index contributed by atoms with van der Waals surface area (Å²) in [7, 11) is 1.46. The third-order valence-electron chi connectivity index (χ3n) is 10.3. The van der Waals surface area contributed by atoms with Gasteiger partial charge in [-0.25, -0.2) is 18.0 Å². The number of aromatic nitrogens is 3. The van der Waals surface area contributed by atoms with Gasteiger partial charge in [0.05, 0.1) is 22.5 Å². The number of anilines is 1. The highest BCUT2D eigenvalue weighted by atomic mass is 35.5. The van der Waals surface area contributed by atoms with Gasteiger partial charge in [0.1, 0.15) is 46.9 Å². The maximum absolute atomic E-state index is 17.0. The van der Waals surface area contributed by atoms with Gasteiger partial charge in [-0.1, -0.05) is 17.7 Å². The number of urea groups is 1. The number of carbonyl (C=O) groups excluding carboxylic acids is 2. The van der Waals surface area contributed by atoms with Crippen LogP contribution < -0.4 is 25.0 Å². The average molecular weight is 712 g/mol. The molecule has 2 aromatic heterocycles. The second kappa shape index (κ2) is 12.4. The van der Waals surface area contributed by atoms with Crippen molar-refractivity contribution in [3.05, 3.63) is 47.1 Å². The molecule has 0 unspecified atom stereocenters. The molecule has 0 radical (unpaired) electrons. The largest absolute Gasteiger partial charge is 0.468 e. The summed E-state index contributed by atoms with van der Waals surface area (Å²) in [5.41, 5.74) is -1.89. The minimum absolute atomic E-state index is 0.0547. The molecule has 16 heteroatoms. The molecule has 3 atom stereocenters. The molecule has 262 valence electrons. The molecule has 4 fully saturated rings. The Hall–Kier alpha value is -4.47. The number of fused-ring (bicyclic) bond motifs is 3. The molecule has 0 aliphatic carbocycles. The topological polar surface area (TPSA) is 131 Å². The molecule has 0 bridgehead atoms. The zero-order valence-corrected chi connectivity index (χ0v) is 27.8. The Labute approximate surface area is 289 Å². The molecule has 2 N–H and O–H groups in total. The van der Waals surface area contributed by atoms with E-state index in [9.17, 15) is 18.4 Å². The highest BCUT2D eigenvalue weighted by Crippen LogP contribution is 2.43. The molecule has 4 aromatic rings. The summed E-state index contributed by atoms with van der Waals surface area (Å²) in [5.74, 6) is -1.45. The Bertz CT molecular complexity index is 2060. The number of amides is 3. The molecule has 2 aromatic carbocycles. The summed E-state index contributed by atoms with van der Waals surface area (Å²) >= 11 is 6.46. The van der Waals surface area contributed by atoms with Crippen LogP contribution in [0.15, 0.2) is 30.5 Å². The van der Waals surface area contributed by atoms with Crippen LogP contribution in [-0.4, -0.2) is 95.7 Å². The van der Waals surface area contributed by atoms with Crippen LogP contribution in [0.3, 0.4) is 0 Å². The SMILES string of the molecule is COCOc1cc(-c2ncc3c(N4CCC[C@]5(C4)NC(=O)NC5=O)nc(OC[C@@]45CCCN4C[C@H](F)C5)nc3c2F)c2c(Cl)c(F)ccc2c1. The number of ether oxygens (including phenoxy) is 3. The Balaban J connectivity index is 1.27. The number of halogens is 4. The number of hydrogen-bond donors (Lipinski definition) is 2. The number of nitrogens with zero attached hydrogens (tertiary/aromatic N) is 5. The lowest BCUT2D eigenvalue weighted by molar-refractivity contribution is -0.124. The molecule has 4 aliphatic heterocycles. The first-order chi connectivity index (χ1) is 24.1. The molecule has 4 saturated heterocycles. The fourth-order valence-corrected chi connectivity index (χ4v) is 8.25. The first-order valence-electron chi connectivity index (χ1n) is 16.4. The Morgan fingerprint density at radius 1 is 1.10 bits per heavy atom. The van der Waals surface area contributed by atoms with Crippen molar-refractivity contribution in [1.82, 2.24) is 30.5 Å². The number of rotatable bonds is 8. The van der Waals surface area contributed by atoms with Crippen LogP contribution in [0.5, 0.6) is 11.8 Å². The molecule has 50 heavy (non-hydrogen) atoms. The van der Waals surface area contributed by atoms with Gasteiger partial charge >= 0.3 is 12.0 Å². The number of piperidine rings is 1. The van der Waals surface area contributed by atoms with Gasteiger partial charge in [-0.15, -0.1) is 0 Å². The predicted octanol–water partition coefficient (Wildman–Crippen LogP) is 4.89. The highest BCUT2D eigenvalue weighted by Gasteiger charge is 2.50. The molecule has 3 amide bonds. The van der Waals surface area contributed by atoms with Gasteiger partial charge in [-0.2, -0.15) is 9.97 Å². The van der Waals surface area contributed by atoms with Gasteiger partial charge in [-0.3, -0.25) is 20.0 Å². The fraction of sp³-hybridized carbons (Fsp3) is 0.441. The van der Waals surface area contributed by atoms with Crippen molar-refractivity contribution in [2.45, 2.75) is 49.4 Å². The summed E-state index contributed by atoms with van der Waals surface area (Å²) in [4.78, 5) is 42.7. The minimum Gasteiger partial charge on any atom is -0.468 e. The lowest BCUT2D eigenvalue weighted by Crippen LogP contribution is -2.58. The van der Waals surface area contributed by atoms with Crippen molar-refractivity contribution in [2.75, 3.05) is 51.6 Å². The Kier molecular flexibility index (Phi) is 8.11. The van der Waals surface area contributed by atoms with Crippen LogP contribution in [0.25, 0.3) is 32.9 Å². The number of alkyl halides is 1. The van der Waals surface area contributed by atoms with E-state index in [1.54, 1.807) is 11.0 Å². The second-order valence-corrected chi connectivity index (χ2v) is 13.8. The summed E-state index contributed by atoms with van der Waals surface area (Å²) in [6.45, 7) is 1.57. The number of imide groups is 1. The van der Waals surface area contributed by atoms with Crippen molar-refractivity contribution >= 4 is 51.0 Å². The molecule has 0 saturated carbocycles. The quantitative estimate of drug-likeness (QED) is 0.192. The third kappa shape index (κ3) is 5.42. The Morgan fingerprint density at radius 3 is 2.74 bits per heavy atom. The standard InChI is InChI=1S/C34H33ClF3N7O5/c1-48-17-50-20-10-18-4-5-23(37)25(35)24(18)21(11-20)27-26(38)28-22(13-39-27)29(44-8-3-7-34(15-44)30(46)42-31(47)43-34)41-32(40-28)49-16-33-6-2-9-45(33)14-19(36)12-33/h4-5,10-11,13,19H,2-3,6-9,12,14-17H2,1H3,(H2,42,43,46,47)/t19-,33+,34-/m1/s1. The summed E-state index contributed by atoms with van der Waals surface area (Å²) in [5, 5.41) is 5.76. The van der Waals surface area contributed by atoms with Crippen molar-refractivity contribution < 1.29 is 37.0 Å². The first kappa shape index (κ1) is 32.7. The van der Waals surface area contributed by atoms with Crippen molar-refractivity contribution in [3.63, 3.8) is 0 Å². The number of nitrogens with one attached hydrogen (secondary N) is 2. The Morgan fingerprint density at radius 2 is 1.94 bits per heavy atom. The third-order valence-corrected chi connectivity index (χ3v) is 10.6. The number of carbonyl (C=O) groups is 2. The van der Waals surface area contributed by atoms with E-state index >= 15 is 4.39 Å².